The molecule has 1 radical (unpaired) electrons. The van der Waals surface area contributed by atoms with Crippen LogP contribution in [-0.2, 0) is 0 Å². The summed E-state index contributed by atoms with van der Waals surface area (Å²) < 4.78 is 0. The summed E-state index contributed by atoms with van der Waals surface area (Å²) in [4.78, 5) is 0. The molecule has 0 aromatic heterocycles. The van der Waals surface area contributed by atoms with Crippen molar-refractivity contribution in [1.29, 1.82) is 0 Å². The van der Waals surface area contributed by atoms with Crippen molar-refractivity contribution in [3.05, 3.63) is 12.2 Å². The first kappa shape index (κ1) is 13.3. The second-order valence-electron chi connectivity index (χ2n) is 3.55. The zero-order valence-electron chi connectivity index (χ0n) is 8.93. The van der Waals surface area contributed by atoms with Gasteiger partial charge in [-0.2, -0.15) is 0 Å². The molecule has 77 valence electrons. The Morgan fingerprint density at radius 1 is 0.846 bits per heavy atom. The van der Waals surface area contributed by atoms with Gasteiger partial charge in [-0.1, -0.05) is 0 Å². The van der Waals surface area contributed by atoms with Crippen molar-refractivity contribution in [2.24, 2.45) is 0 Å². The van der Waals surface area contributed by atoms with E-state index in [1.54, 1.807) is 0 Å². The van der Waals surface area contributed by atoms with Crippen LogP contribution in [0.5, 0.6) is 0 Å². The van der Waals surface area contributed by atoms with Crippen molar-refractivity contribution in [3.8, 4) is 0 Å². The number of unbranched alkanes of at least 4 members (excludes halogenated alkanes) is 7. The number of hydrogen-bond donors (Lipinski definition) is 0. The van der Waals surface area contributed by atoms with Gasteiger partial charge in [0.1, 0.15) is 0 Å². The third kappa shape index (κ3) is 12.3. The summed E-state index contributed by atoms with van der Waals surface area (Å²) in [6.45, 7) is 2.27. The Bertz CT molecular complexity index is 108. The van der Waals surface area contributed by atoms with Crippen molar-refractivity contribution < 1.29 is 0 Å². The predicted molar refractivity (Wildman–Crippen MR) is 62.3 cm³/mol. The van der Waals surface area contributed by atoms with Crippen LogP contribution >= 0.6 is 0 Å². The van der Waals surface area contributed by atoms with Gasteiger partial charge in [0.25, 0.3) is 0 Å². The summed E-state index contributed by atoms with van der Waals surface area (Å²) in [6, 6.07) is 0. The Kier molecular flexibility index (Phi) is 12.5. The van der Waals surface area contributed by atoms with Crippen LogP contribution in [0.4, 0.5) is 0 Å². The van der Waals surface area contributed by atoms with Gasteiger partial charge in [-0.3, -0.25) is 0 Å². The molecule has 0 N–H and O–H groups in total. The molecule has 0 aromatic carbocycles. The molecule has 0 unspecified atom stereocenters. The molecule has 1 heteroatoms. The fraction of sp³-hybridized carbons (Fsp3) is 0.833. The Morgan fingerprint density at radius 2 is 1.46 bits per heavy atom. The fourth-order valence-electron chi connectivity index (χ4n) is 1.41. The molecule has 0 saturated heterocycles. The monoisotopic (exact) mass is 247 g/mol. The number of allylic oxidation sites excluding steroid dienone is 2. The Balaban J connectivity index is 2.87. The zero-order valence-corrected chi connectivity index (χ0v) is 10.6. The fourth-order valence-corrected chi connectivity index (χ4v) is 1.69. The van der Waals surface area contributed by atoms with E-state index in [0.29, 0.717) is 0 Å². The molecule has 0 aromatic rings. The van der Waals surface area contributed by atoms with Crippen molar-refractivity contribution >= 4 is 16.0 Å². The van der Waals surface area contributed by atoms with E-state index in [0.717, 1.165) is 5.32 Å². The van der Waals surface area contributed by atoms with Crippen LogP contribution in [0.3, 0.4) is 0 Å². The third-order valence-electron chi connectivity index (χ3n) is 2.24. The van der Waals surface area contributed by atoms with Crippen molar-refractivity contribution in [2.45, 2.75) is 63.6 Å². The molecule has 0 spiro atoms. The number of hydrogen-bond acceptors (Lipinski definition) is 0. The van der Waals surface area contributed by atoms with Gasteiger partial charge in [0.2, 0.25) is 0 Å². The van der Waals surface area contributed by atoms with Gasteiger partial charge in [0.15, 0.2) is 0 Å². The molecule has 0 rings (SSSR count). The molecule has 13 heavy (non-hydrogen) atoms. The van der Waals surface area contributed by atoms with Gasteiger partial charge in [0, 0.05) is 0 Å². The van der Waals surface area contributed by atoms with E-state index in [9.17, 15) is 0 Å². The third-order valence-corrected chi connectivity index (χ3v) is 2.64. The standard InChI is InChI=1S/C12H23Se/c1-2-3-4-5-6-7-8-9-10-11-12-13/h10-11H,2-9,12H2,1H3. The summed E-state index contributed by atoms with van der Waals surface area (Å²) >= 11 is 2.98. The first-order valence-electron chi connectivity index (χ1n) is 5.65. The van der Waals surface area contributed by atoms with Gasteiger partial charge < -0.3 is 0 Å². The van der Waals surface area contributed by atoms with Crippen LogP contribution in [0.1, 0.15) is 58.3 Å². The minimum atomic E-state index is 1.07. The molecule has 0 atom stereocenters. The van der Waals surface area contributed by atoms with Gasteiger partial charge in [-0.25, -0.2) is 0 Å². The molecule has 0 saturated carbocycles. The van der Waals surface area contributed by atoms with Crippen LogP contribution in [0, 0.1) is 0 Å². The van der Waals surface area contributed by atoms with Gasteiger partial charge in [0.05, 0.1) is 0 Å². The topological polar surface area (TPSA) is 0 Å². The molecule has 0 fully saturated rings. The SMILES string of the molecule is CCCCCCCCCC=CC[Se]. The zero-order chi connectivity index (χ0) is 9.78. The van der Waals surface area contributed by atoms with Crippen molar-refractivity contribution in [3.63, 3.8) is 0 Å². The average molecular weight is 246 g/mol. The number of rotatable bonds is 9. The van der Waals surface area contributed by atoms with Gasteiger partial charge in [-0.05, 0) is 0 Å². The first-order chi connectivity index (χ1) is 6.41. The average Bonchev–Trinajstić information content (AvgIpc) is 2.16. The normalized spacial score (nSPS) is 11.2. The molecule has 0 heterocycles. The van der Waals surface area contributed by atoms with E-state index < -0.39 is 0 Å². The summed E-state index contributed by atoms with van der Waals surface area (Å²) in [5.74, 6) is 0. The Morgan fingerprint density at radius 3 is 2.08 bits per heavy atom. The molecule has 0 nitrogen and oxygen atoms in total. The maximum absolute atomic E-state index is 2.98. The van der Waals surface area contributed by atoms with Crippen molar-refractivity contribution in [1.82, 2.24) is 0 Å². The van der Waals surface area contributed by atoms with Crippen LogP contribution in [0.2, 0.25) is 5.32 Å². The van der Waals surface area contributed by atoms with Crippen LogP contribution in [0.25, 0.3) is 0 Å². The Labute approximate surface area is 92.0 Å². The quantitative estimate of drug-likeness (QED) is 0.324. The van der Waals surface area contributed by atoms with Crippen LogP contribution < -0.4 is 0 Å². The summed E-state index contributed by atoms with van der Waals surface area (Å²) in [6.07, 6.45) is 15.7. The second kappa shape index (κ2) is 12.3. The molecule has 0 aliphatic carbocycles. The molecule has 0 aliphatic heterocycles. The van der Waals surface area contributed by atoms with E-state index in [4.69, 9.17) is 0 Å². The Hall–Kier alpha value is 0.259. The van der Waals surface area contributed by atoms with Gasteiger partial charge >= 0.3 is 91.8 Å². The van der Waals surface area contributed by atoms with E-state index in [-0.39, 0.29) is 0 Å². The molecular weight excluding hydrogens is 223 g/mol. The summed E-state index contributed by atoms with van der Waals surface area (Å²) in [5, 5.41) is 1.07. The van der Waals surface area contributed by atoms with Crippen LogP contribution in [0.15, 0.2) is 12.2 Å². The predicted octanol–water partition coefficient (Wildman–Crippen LogP) is 4.27. The molecule has 0 bridgehead atoms. The van der Waals surface area contributed by atoms with Crippen LogP contribution in [-0.4, -0.2) is 16.0 Å². The molecule has 0 amide bonds. The maximum atomic E-state index is 2.98. The summed E-state index contributed by atoms with van der Waals surface area (Å²) in [7, 11) is 0. The summed E-state index contributed by atoms with van der Waals surface area (Å²) in [5.41, 5.74) is 0. The molecule has 0 aliphatic rings. The minimum absolute atomic E-state index is 1.07. The molecular formula is C12H23Se. The van der Waals surface area contributed by atoms with E-state index >= 15 is 0 Å². The van der Waals surface area contributed by atoms with Crippen molar-refractivity contribution in [2.75, 3.05) is 0 Å². The van der Waals surface area contributed by atoms with E-state index in [2.05, 4.69) is 35.1 Å². The van der Waals surface area contributed by atoms with Gasteiger partial charge in [-0.15, -0.1) is 0 Å². The second-order valence-corrected chi connectivity index (χ2v) is 4.25. The van der Waals surface area contributed by atoms with E-state index in [1.807, 2.05) is 0 Å². The van der Waals surface area contributed by atoms with E-state index in [1.165, 1.54) is 51.4 Å². The first-order valence-corrected chi connectivity index (χ1v) is 6.86.